The van der Waals surface area contributed by atoms with E-state index in [2.05, 4.69) is 42.0 Å². The van der Waals surface area contributed by atoms with Gasteiger partial charge in [-0.25, -0.2) is 9.13 Å². The maximum atomic E-state index is 12.5. The molecule has 0 bridgehead atoms. The maximum absolute atomic E-state index is 12.5. The minimum atomic E-state index is -4.87. The van der Waals surface area contributed by atoms with Crippen LogP contribution in [0.4, 0.5) is 0 Å². The Bertz CT molecular complexity index is 1300. The summed E-state index contributed by atoms with van der Waals surface area (Å²) in [6.07, 6.45) is 31.4. The zero-order chi connectivity index (χ0) is 41.9. The highest BCUT2D eigenvalue weighted by Crippen LogP contribution is 2.43. The summed E-state index contributed by atoms with van der Waals surface area (Å²) in [6, 6.07) is 0. The molecular formula is C40H68O14P2. The quantitative estimate of drug-likeness (QED) is 0.0134. The van der Waals surface area contributed by atoms with E-state index in [0.29, 0.717) is 31.6 Å². The van der Waals surface area contributed by atoms with E-state index in [1.54, 1.807) is 6.08 Å². The Kier molecular flexibility index (Phi) is 33.0. The molecule has 0 aromatic heterocycles. The average Bonchev–Trinajstić information content (AvgIpc) is 3.13. The van der Waals surface area contributed by atoms with Crippen molar-refractivity contribution in [2.24, 2.45) is 5.92 Å². The molecule has 0 aromatic carbocycles. The van der Waals surface area contributed by atoms with Gasteiger partial charge in [0.15, 0.2) is 6.10 Å². The molecule has 2 unspecified atom stereocenters. The first kappa shape index (κ1) is 53.5. The highest BCUT2D eigenvalue weighted by Gasteiger charge is 2.28. The Morgan fingerprint density at radius 3 is 1.91 bits per heavy atom. The fraction of sp³-hybridized carbons (Fsp3) is 0.650. The largest absolute Gasteiger partial charge is 0.472 e. The van der Waals surface area contributed by atoms with Gasteiger partial charge in [-0.3, -0.25) is 23.2 Å². The minimum absolute atomic E-state index is 0.0434. The van der Waals surface area contributed by atoms with Crippen LogP contribution in [0.1, 0.15) is 117 Å². The summed E-state index contributed by atoms with van der Waals surface area (Å²) < 4.78 is 47.4. The molecule has 4 atom stereocenters. The highest BCUT2D eigenvalue weighted by atomic mass is 31.2. The summed E-state index contributed by atoms with van der Waals surface area (Å²) in [7, 11) is -9.70. The number of ether oxygens (including phenoxy) is 2. The number of allylic oxidation sites excluding steroid dienone is 10. The molecule has 0 saturated carbocycles. The number of hydrogen-bond donors (Lipinski definition) is 5. The lowest BCUT2D eigenvalue weighted by Gasteiger charge is -2.20. The van der Waals surface area contributed by atoms with Crippen molar-refractivity contribution in [3.05, 3.63) is 72.9 Å². The van der Waals surface area contributed by atoms with Crippen LogP contribution in [0.15, 0.2) is 72.9 Å². The second-order valence-corrected chi connectivity index (χ2v) is 16.2. The van der Waals surface area contributed by atoms with Crippen LogP contribution >= 0.6 is 15.6 Å². The predicted molar refractivity (Wildman–Crippen MR) is 217 cm³/mol. The van der Waals surface area contributed by atoms with Gasteiger partial charge in [0.2, 0.25) is 0 Å². The lowest BCUT2D eigenvalue weighted by atomic mass is 10.0. The van der Waals surface area contributed by atoms with Gasteiger partial charge in [-0.2, -0.15) is 0 Å². The third-order valence-corrected chi connectivity index (χ3v) is 9.06. The Morgan fingerprint density at radius 2 is 1.23 bits per heavy atom. The number of unbranched alkanes of at least 4 members (excludes halogenated alkanes) is 5. The molecule has 0 aliphatic rings. The van der Waals surface area contributed by atoms with Gasteiger partial charge in [0.05, 0.1) is 25.9 Å². The van der Waals surface area contributed by atoms with E-state index >= 15 is 0 Å². The summed E-state index contributed by atoms with van der Waals surface area (Å²) >= 11 is 0. The molecule has 0 heterocycles. The monoisotopic (exact) mass is 834 g/mol. The SMILES string of the molecule is CC/C=C\C/C=C\CC(O)/C=C/C=C\C/C=C\C/C=C\CCC(=O)OC[C@H](COP(=O)(O)OC[C@@H](O)COP(=O)(O)O)OC(=O)CCCCCCCCC(C)C. The molecule has 0 aliphatic heterocycles. The van der Waals surface area contributed by atoms with E-state index in [1.807, 2.05) is 54.7 Å². The van der Waals surface area contributed by atoms with Crippen LogP contribution in [-0.2, 0) is 41.8 Å². The number of esters is 2. The molecule has 16 heteroatoms. The van der Waals surface area contributed by atoms with Crippen molar-refractivity contribution in [1.29, 1.82) is 0 Å². The van der Waals surface area contributed by atoms with Crippen molar-refractivity contribution in [2.45, 2.75) is 135 Å². The summed E-state index contributed by atoms with van der Waals surface area (Å²) in [5.41, 5.74) is 0. The Balaban J connectivity index is 4.70. The molecule has 0 radical (unpaired) electrons. The van der Waals surface area contributed by atoms with Crippen LogP contribution in [0.2, 0.25) is 0 Å². The number of carbonyl (C=O) groups is 2. The van der Waals surface area contributed by atoms with Crippen LogP contribution in [0.25, 0.3) is 0 Å². The fourth-order valence-corrected chi connectivity index (χ4v) is 5.80. The topological polar surface area (TPSA) is 216 Å². The second-order valence-electron chi connectivity index (χ2n) is 13.5. The number of hydrogen-bond acceptors (Lipinski definition) is 11. The zero-order valence-electron chi connectivity index (χ0n) is 33.5. The average molecular weight is 835 g/mol. The standard InChI is InChI=1S/C40H68O14P2/c1-4-5-6-7-17-22-27-36(41)28-23-18-12-10-8-9-11-13-19-24-29-39(43)50-33-38(54-40(44)30-25-20-15-14-16-21-26-35(2)3)34-53-56(48,49)52-32-37(42)31-51-55(45,46)47/h5-6,8-9,12-13,17-19,22-23,28,35-38,41-42H,4,7,10-11,14-16,20-21,24-27,29-34H2,1-3H3,(H,48,49)(H2,45,46,47)/b6-5-,9-8-,18-12-,19-13-,22-17-,28-23+/t36?,37-,38+/m0/s1. The van der Waals surface area contributed by atoms with E-state index in [9.17, 15) is 33.8 Å². The minimum Gasteiger partial charge on any atom is -0.462 e. The molecule has 0 amide bonds. The smallest absolute Gasteiger partial charge is 0.462 e. The van der Waals surface area contributed by atoms with Gasteiger partial charge >= 0.3 is 27.6 Å². The molecule has 14 nitrogen and oxygen atoms in total. The summed E-state index contributed by atoms with van der Waals surface area (Å²) in [5.74, 6) is -0.496. The van der Waals surface area contributed by atoms with Crippen molar-refractivity contribution < 1.29 is 66.7 Å². The van der Waals surface area contributed by atoms with Crippen molar-refractivity contribution in [1.82, 2.24) is 0 Å². The third-order valence-electron chi connectivity index (χ3n) is 7.62. The van der Waals surface area contributed by atoms with Crippen LogP contribution < -0.4 is 0 Å². The summed E-state index contributed by atoms with van der Waals surface area (Å²) in [5, 5.41) is 19.7. The molecular weight excluding hydrogens is 766 g/mol. The second kappa shape index (κ2) is 34.6. The van der Waals surface area contributed by atoms with Crippen molar-refractivity contribution in [3.63, 3.8) is 0 Å². The lowest BCUT2D eigenvalue weighted by Crippen LogP contribution is -2.29. The maximum Gasteiger partial charge on any atom is 0.472 e. The highest BCUT2D eigenvalue weighted by molar-refractivity contribution is 7.47. The van der Waals surface area contributed by atoms with Gasteiger partial charge < -0.3 is 34.4 Å². The molecule has 0 aromatic rings. The first-order valence-corrected chi connectivity index (χ1v) is 22.6. The van der Waals surface area contributed by atoms with Crippen LogP contribution in [0, 0.1) is 5.92 Å². The van der Waals surface area contributed by atoms with Gasteiger partial charge in [0.25, 0.3) is 0 Å². The number of phosphoric acid groups is 2. The van der Waals surface area contributed by atoms with Gasteiger partial charge in [0.1, 0.15) is 12.7 Å². The van der Waals surface area contributed by atoms with Gasteiger partial charge in [0, 0.05) is 12.8 Å². The van der Waals surface area contributed by atoms with E-state index in [1.165, 1.54) is 12.8 Å². The molecule has 0 spiro atoms. The van der Waals surface area contributed by atoms with Gasteiger partial charge in [-0.1, -0.05) is 132 Å². The summed E-state index contributed by atoms with van der Waals surface area (Å²) in [6.45, 7) is 3.63. The van der Waals surface area contributed by atoms with E-state index in [-0.39, 0.29) is 12.8 Å². The van der Waals surface area contributed by atoms with Crippen molar-refractivity contribution in [3.8, 4) is 0 Å². The molecule has 5 N–H and O–H groups in total. The number of aliphatic hydroxyl groups excluding tert-OH is 2. The molecule has 0 fully saturated rings. The number of phosphoric ester groups is 2. The normalized spacial score (nSPS) is 15.6. The summed E-state index contributed by atoms with van der Waals surface area (Å²) in [4.78, 5) is 52.4. The number of aliphatic hydroxyl groups is 2. The van der Waals surface area contributed by atoms with Gasteiger partial charge in [-0.05, 0) is 50.9 Å². The predicted octanol–water partition coefficient (Wildman–Crippen LogP) is 8.27. The first-order chi connectivity index (χ1) is 26.6. The fourth-order valence-electron chi connectivity index (χ4n) is 4.64. The molecule has 56 heavy (non-hydrogen) atoms. The van der Waals surface area contributed by atoms with E-state index in [4.69, 9.17) is 23.8 Å². The Labute approximate surface area is 334 Å². The van der Waals surface area contributed by atoms with Crippen LogP contribution in [0.5, 0.6) is 0 Å². The van der Waals surface area contributed by atoms with Crippen molar-refractivity contribution in [2.75, 3.05) is 26.4 Å². The van der Waals surface area contributed by atoms with Crippen LogP contribution in [-0.4, -0.2) is 81.6 Å². The first-order valence-electron chi connectivity index (χ1n) is 19.6. The van der Waals surface area contributed by atoms with E-state index in [0.717, 1.165) is 44.9 Å². The molecule has 0 aliphatic carbocycles. The van der Waals surface area contributed by atoms with E-state index < -0.39 is 72.3 Å². The molecule has 0 saturated heterocycles. The lowest BCUT2D eigenvalue weighted by molar-refractivity contribution is -0.161. The van der Waals surface area contributed by atoms with Gasteiger partial charge in [-0.15, -0.1) is 0 Å². The number of rotatable bonds is 35. The van der Waals surface area contributed by atoms with Crippen molar-refractivity contribution >= 4 is 27.6 Å². The Morgan fingerprint density at radius 1 is 0.643 bits per heavy atom. The van der Waals surface area contributed by atoms with Crippen LogP contribution in [0.3, 0.4) is 0 Å². The Hall–Kier alpha value is -2.48. The zero-order valence-corrected chi connectivity index (χ0v) is 35.3. The molecule has 322 valence electrons. The molecule has 0 rings (SSSR count). The number of carbonyl (C=O) groups excluding carboxylic acids is 2. The third kappa shape index (κ3) is 38.4.